The molecule has 8 heteroatoms. The van der Waals surface area contributed by atoms with Crippen molar-refractivity contribution in [1.82, 2.24) is 9.80 Å². The van der Waals surface area contributed by atoms with E-state index >= 15 is 0 Å². The van der Waals surface area contributed by atoms with Crippen molar-refractivity contribution in [2.24, 2.45) is 0 Å². The highest BCUT2D eigenvalue weighted by Crippen LogP contribution is 2.33. The molecule has 0 saturated carbocycles. The first-order valence-corrected chi connectivity index (χ1v) is 11.8. The highest BCUT2D eigenvalue weighted by atomic mass is 19.3. The molecule has 2 unspecified atom stereocenters. The zero-order valence-electron chi connectivity index (χ0n) is 19.4. The van der Waals surface area contributed by atoms with Crippen molar-refractivity contribution in [2.75, 3.05) is 32.7 Å². The Morgan fingerprint density at radius 2 is 1.88 bits per heavy atom. The van der Waals surface area contributed by atoms with E-state index in [9.17, 15) is 18.0 Å². The van der Waals surface area contributed by atoms with E-state index in [1.165, 1.54) is 18.2 Å². The molecular formula is C26H31F3N2O3. The van der Waals surface area contributed by atoms with Gasteiger partial charge in [0.2, 0.25) is 5.91 Å². The van der Waals surface area contributed by atoms with Crippen LogP contribution in [0.25, 0.3) is 0 Å². The van der Waals surface area contributed by atoms with Crippen LogP contribution < -0.4 is 4.74 Å². The van der Waals surface area contributed by atoms with Crippen LogP contribution in [0.4, 0.5) is 13.2 Å². The van der Waals surface area contributed by atoms with Gasteiger partial charge in [-0.05, 0) is 68.6 Å². The Labute approximate surface area is 198 Å². The van der Waals surface area contributed by atoms with Crippen molar-refractivity contribution in [3.63, 3.8) is 0 Å². The SMILES string of the molecule is Cc1cc(F)ccc1C1CN(C(=O)CN2CCCC2)CCC1OCc1ccccc1OC(F)F. The molecule has 184 valence electrons. The fraction of sp³-hybridized carbons (Fsp3) is 0.500. The van der Waals surface area contributed by atoms with E-state index in [1.807, 2.05) is 11.8 Å². The maximum atomic E-state index is 13.8. The van der Waals surface area contributed by atoms with E-state index in [0.717, 1.165) is 37.1 Å². The number of halogens is 3. The van der Waals surface area contributed by atoms with Crippen LogP contribution in [0.1, 0.15) is 41.9 Å². The van der Waals surface area contributed by atoms with Gasteiger partial charge >= 0.3 is 6.61 Å². The van der Waals surface area contributed by atoms with Crippen molar-refractivity contribution in [2.45, 2.75) is 51.4 Å². The summed E-state index contributed by atoms with van der Waals surface area (Å²) in [7, 11) is 0. The molecule has 2 saturated heterocycles. The third-order valence-electron chi connectivity index (χ3n) is 6.73. The number of ether oxygens (including phenoxy) is 2. The molecule has 0 N–H and O–H groups in total. The molecule has 0 aliphatic carbocycles. The Hall–Kier alpha value is -2.58. The number of rotatable bonds is 8. The second-order valence-corrected chi connectivity index (χ2v) is 9.05. The van der Waals surface area contributed by atoms with Crippen LogP contribution in [0.5, 0.6) is 5.75 Å². The number of carbonyl (C=O) groups excluding carboxylic acids is 1. The lowest BCUT2D eigenvalue weighted by atomic mass is 9.85. The highest BCUT2D eigenvalue weighted by Gasteiger charge is 2.35. The average molecular weight is 477 g/mol. The monoisotopic (exact) mass is 476 g/mol. The second-order valence-electron chi connectivity index (χ2n) is 9.05. The van der Waals surface area contributed by atoms with Crippen LogP contribution in [0.3, 0.4) is 0 Å². The Kier molecular flexibility index (Phi) is 8.11. The minimum Gasteiger partial charge on any atom is -0.434 e. The number of alkyl halides is 2. The highest BCUT2D eigenvalue weighted by molar-refractivity contribution is 5.78. The van der Waals surface area contributed by atoms with Crippen LogP contribution in [-0.2, 0) is 16.1 Å². The molecule has 2 atom stereocenters. The molecule has 2 aromatic carbocycles. The van der Waals surface area contributed by atoms with Gasteiger partial charge in [0, 0.05) is 24.6 Å². The number of carbonyl (C=O) groups is 1. The number of nitrogens with zero attached hydrogens (tertiary/aromatic N) is 2. The number of hydrogen-bond donors (Lipinski definition) is 0. The molecule has 2 fully saturated rings. The van der Waals surface area contributed by atoms with E-state index in [0.29, 0.717) is 31.6 Å². The molecule has 34 heavy (non-hydrogen) atoms. The number of piperidine rings is 1. The first-order valence-electron chi connectivity index (χ1n) is 11.8. The quantitative estimate of drug-likeness (QED) is 0.552. The van der Waals surface area contributed by atoms with Crippen molar-refractivity contribution in [3.05, 3.63) is 65.0 Å². The smallest absolute Gasteiger partial charge is 0.387 e. The van der Waals surface area contributed by atoms with Gasteiger partial charge in [-0.3, -0.25) is 9.69 Å². The number of benzene rings is 2. The molecule has 0 aromatic heterocycles. The summed E-state index contributed by atoms with van der Waals surface area (Å²) in [5.74, 6) is -0.277. The number of hydrogen-bond acceptors (Lipinski definition) is 4. The summed E-state index contributed by atoms with van der Waals surface area (Å²) in [5, 5.41) is 0. The maximum Gasteiger partial charge on any atom is 0.387 e. The van der Waals surface area contributed by atoms with Crippen molar-refractivity contribution >= 4 is 5.91 Å². The zero-order chi connectivity index (χ0) is 24.1. The fourth-order valence-electron chi connectivity index (χ4n) is 4.97. The number of aryl methyl sites for hydroxylation is 1. The average Bonchev–Trinajstić information content (AvgIpc) is 3.31. The lowest BCUT2D eigenvalue weighted by Gasteiger charge is -2.40. The predicted octanol–water partition coefficient (Wildman–Crippen LogP) is 4.73. The first-order chi connectivity index (χ1) is 16.4. The van der Waals surface area contributed by atoms with Gasteiger partial charge in [0.1, 0.15) is 11.6 Å². The third kappa shape index (κ3) is 6.10. The van der Waals surface area contributed by atoms with Gasteiger partial charge in [-0.15, -0.1) is 0 Å². The molecule has 2 heterocycles. The van der Waals surface area contributed by atoms with E-state index in [-0.39, 0.29) is 36.1 Å². The molecular weight excluding hydrogens is 445 g/mol. The fourth-order valence-corrected chi connectivity index (χ4v) is 4.97. The van der Waals surface area contributed by atoms with Crippen LogP contribution >= 0.6 is 0 Å². The summed E-state index contributed by atoms with van der Waals surface area (Å²) in [6.45, 7) is 2.39. The molecule has 5 nitrogen and oxygen atoms in total. The molecule has 2 aliphatic rings. The van der Waals surface area contributed by atoms with Crippen LogP contribution in [0, 0.1) is 12.7 Å². The van der Waals surface area contributed by atoms with Crippen LogP contribution in [0.15, 0.2) is 42.5 Å². The van der Waals surface area contributed by atoms with Crippen molar-refractivity contribution in [3.8, 4) is 5.75 Å². The molecule has 0 radical (unpaired) electrons. The summed E-state index contributed by atoms with van der Waals surface area (Å²) >= 11 is 0. The lowest BCUT2D eigenvalue weighted by molar-refractivity contribution is -0.135. The molecule has 0 spiro atoms. The Bertz CT molecular complexity index is 982. The third-order valence-corrected chi connectivity index (χ3v) is 6.73. The van der Waals surface area contributed by atoms with Crippen LogP contribution in [-0.4, -0.2) is 61.1 Å². The summed E-state index contributed by atoms with van der Waals surface area (Å²) in [4.78, 5) is 17.1. The van der Waals surface area contributed by atoms with E-state index in [1.54, 1.807) is 24.3 Å². The first kappa shape index (κ1) is 24.5. The molecule has 1 amide bonds. The van der Waals surface area contributed by atoms with Gasteiger partial charge in [0.05, 0.1) is 19.3 Å². The maximum absolute atomic E-state index is 13.8. The number of amides is 1. The van der Waals surface area contributed by atoms with Gasteiger partial charge in [-0.1, -0.05) is 24.3 Å². The van der Waals surface area contributed by atoms with E-state index in [2.05, 4.69) is 9.64 Å². The van der Waals surface area contributed by atoms with Gasteiger partial charge < -0.3 is 14.4 Å². The minimum absolute atomic E-state index is 0.0882. The number of likely N-dealkylation sites (tertiary alicyclic amines) is 2. The minimum atomic E-state index is -2.92. The van der Waals surface area contributed by atoms with Crippen molar-refractivity contribution in [1.29, 1.82) is 0 Å². The Balaban J connectivity index is 1.50. The van der Waals surface area contributed by atoms with Gasteiger partial charge in [0.25, 0.3) is 0 Å². The van der Waals surface area contributed by atoms with E-state index < -0.39 is 6.61 Å². The van der Waals surface area contributed by atoms with Gasteiger partial charge in [-0.25, -0.2) is 4.39 Å². The Morgan fingerprint density at radius 3 is 2.62 bits per heavy atom. The standard InChI is InChI=1S/C26H31F3N2O3/c1-18-14-20(27)8-9-21(18)22-15-31(25(32)16-30-11-4-5-12-30)13-10-24(22)33-17-19-6-2-3-7-23(19)34-26(28)29/h2-3,6-9,14,22,24,26H,4-5,10-13,15-17H2,1H3. The predicted molar refractivity (Wildman–Crippen MR) is 122 cm³/mol. The zero-order valence-corrected chi connectivity index (χ0v) is 19.4. The molecule has 2 aliphatic heterocycles. The molecule has 4 rings (SSSR count). The topological polar surface area (TPSA) is 42.0 Å². The van der Waals surface area contributed by atoms with E-state index in [4.69, 9.17) is 4.74 Å². The summed E-state index contributed by atoms with van der Waals surface area (Å²) in [6, 6.07) is 11.2. The van der Waals surface area contributed by atoms with Crippen molar-refractivity contribution < 1.29 is 27.4 Å². The van der Waals surface area contributed by atoms with Gasteiger partial charge in [-0.2, -0.15) is 8.78 Å². The summed E-state index contributed by atoms with van der Waals surface area (Å²) in [5.41, 5.74) is 2.26. The largest absolute Gasteiger partial charge is 0.434 e. The normalized spacial score (nSPS) is 21.3. The summed E-state index contributed by atoms with van der Waals surface area (Å²) in [6.07, 6.45) is 2.60. The summed E-state index contributed by atoms with van der Waals surface area (Å²) < 4.78 is 50.2. The molecule has 2 aromatic rings. The van der Waals surface area contributed by atoms with Gasteiger partial charge in [0.15, 0.2) is 0 Å². The van der Waals surface area contributed by atoms with Crippen LogP contribution in [0.2, 0.25) is 0 Å². The number of para-hydroxylation sites is 1. The second kappa shape index (κ2) is 11.2. The lowest BCUT2D eigenvalue weighted by Crippen LogP contribution is -2.48. The molecule has 0 bridgehead atoms. The Morgan fingerprint density at radius 1 is 1.12 bits per heavy atom.